The van der Waals surface area contributed by atoms with Crippen LogP contribution in [0.15, 0.2) is 28.7 Å². The number of anilines is 1. The molecule has 0 amide bonds. The van der Waals surface area contributed by atoms with Crippen LogP contribution >= 0.6 is 27.5 Å². The number of rotatable bonds is 4. The molecule has 0 saturated carbocycles. The van der Waals surface area contributed by atoms with Gasteiger partial charge in [0.25, 0.3) is 0 Å². The number of halogens is 6. The number of aryl methyl sites for hydroxylation is 2. The molecule has 28 heavy (non-hydrogen) atoms. The van der Waals surface area contributed by atoms with E-state index in [4.69, 9.17) is 17.3 Å². The zero-order chi connectivity index (χ0) is 20.8. The van der Waals surface area contributed by atoms with E-state index in [0.29, 0.717) is 11.1 Å². The second kappa shape index (κ2) is 7.36. The van der Waals surface area contributed by atoms with Crippen LogP contribution in [0.2, 0.25) is 5.02 Å². The summed E-state index contributed by atoms with van der Waals surface area (Å²) in [5, 5.41) is 4.67. The van der Waals surface area contributed by atoms with Gasteiger partial charge in [0.05, 0.1) is 15.1 Å². The minimum atomic E-state index is -4.32. The summed E-state index contributed by atoms with van der Waals surface area (Å²) < 4.78 is 52.9. The van der Waals surface area contributed by atoms with E-state index in [1.807, 2.05) is 0 Å². The molecule has 3 aromatic rings. The lowest BCUT2D eigenvalue weighted by atomic mass is 9.99. The Labute approximate surface area is 170 Å². The van der Waals surface area contributed by atoms with Crippen molar-refractivity contribution in [2.24, 2.45) is 7.05 Å². The molecule has 0 fully saturated rings. The maximum atomic E-state index is 13.6. The Morgan fingerprint density at radius 2 is 2.00 bits per heavy atom. The lowest BCUT2D eigenvalue weighted by molar-refractivity contribution is -0.134. The van der Waals surface area contributed by atoms with Gasteiger partial charge < -0.3 is 5.73 Å². The number of hydrogen-bond acceptors (Lipinski definition) is 3. The van der Waals surface area contributed by atoms with E-state index >= 15 is 0 Å². The van der Waals surface area contributed by atoms with Gasteiger partial charge in [-0.25, -0.2) is 4.39 Å². The van der Waals surface area contributed by atoms with Gasteiger partial charge in [0.15, 0.2) is 5.78 Å². The third-order valence-corrected chi connectivity index (χ3v) is 5.37. The molecule has 3 rings (SSSR count). The highest BCUT2D eigenvalue weighted by Gasteiger charge is 2.29. The lowest BCUT2D eigenvalue weighted by Crippen LogP contribution is -2.10. The first kappa shape index (κ1) is 20.6. The normalized spacial score (nSPS) is 12.0. The Kier molecular flexibility index (Phi) is 5.42. The molecule has 0 bridgehead atoms. The quantitative estimate of drug-likeness (QED) is 0.309. The zero-order valence-corrected chi connectivity index (χ0v) is 16.7. The van der Waals surface area contributed by atoms with Crippen molar-refractivity contribution in [2.45, 2.75) is 19.0 Å². The van der Waals surface area contributed by atoms with Crippen molar-refractivity contribution in [1.29, 1.82) is 0 Å². The molecule has 2 aromatic carbocycles. The van der Waals surface area contributed by atoms with Crippen molar-refractivity contribution >= 4 is 49.9 Å². The van der Waals surface area contributed by atoms with Crippen molar-refractivity contribution in [3.8, 4) is 0 Å². The summed E-state index contributed by atoms with van der Waals surface area (Å²) in [5.74, 6) is -1.27. The Balaban J connectivity index is 2.14. The van der Waals surface area contributed by atoms with Gasteiger partial charge in [-0.3, -0.25) is 9.48 Å². The van der Waals surface area contributed by atoms with Crippen LogP contribution in [0.3, 0.4) is 0 Å². The lowest BCUT2D eigenvalue weighted by Gasteiger charge is -2.11. The molecule has 0 aliphatic carbocycles. The van der Waals surface area contributed by atoms with Gasteiger partial charge in [-0.2, -0.15) is 18.3 Å². The van der Waals surface area contributed by atoms with Crippen molar-refractivity contribution in [3.05, 3.63) is 56.4 Å². The zero-order valence-electron chi connectivity index (χ0n) is 14.4. The number of carbonyl (C=O) groups excluding carboxylic acids is 1. The molecule has 0 unspecified atom stereocenters. The fourth-order valence-corrected chi connectivity index (χ4v) is 3.86. The Hall–Kier alpha value is -2.13. The van der Waals surface area contributed by atoms with Gasteiger partial charge in [0, 0.05) is 35.8 Å². The number of ketones is 1. The number of nitrogens with two attached hydrogens (primary N) is 1. The average molecular weight is 479 g/mol. The molecule has 10 heteroatoms. The number of aromatic nitrogens is 2. The van der Waals surface area contributed by atoms with E-state index < -0.39 is 24.2 Å². The minimum Gasteiger partial charge on any atom is -0.398 e. The molecule has 4 nitrogen and oxygen atoms in total. The van der Waals surface area contributed by atoms with Crippen molar-refractivity contribution in [1.82, 2.24) is 9.78 Å². The minimum absolute atomic E-state index is 0.0143. The Morgan fingerprint density at radius 3 is 2.64 bits per heavy atom. The van der Waals surface area contributed by atoms with Crippen LogP contribution in [-0.2, 0) is 13.5 Å². The highest BCUT2D eigenvalue weighted by atomic mass is 79.9. The summed E-state index contributed by atoms with van der Waals surface area (Å²) in [4.78, 5) is 12.9. The molecule has 0 aliphatic heterocycles. The molecule has 1 heterocycles. The van der Waals surface area contributed by atoms with E-state index in [1.54, 1.807) is 0 Å². The Morgan fingerprint density at radius 1 is 1.32 bits per heavy atom. The molecule has 2 N–H and O–H groups in total. The number of carbonyl (C=O) groups is 1. The maximum absolute atomic E-state index is 13.6. The van der Waals surface area contributed by atoms with Gasteiger partial charge in [0.2, 0.25) is 0 Å². The highest BCUT2D eigenvalue weighted by Crippen LogP contribution is 2.36. The van der Waals surface area contributed by atoms with Crippen LogP contribution in [0.1, 0.15) is 28.0 Å². The predicted molar refractivity (Wildman–Crippen MR) is 102 cm³/mol. The van der Waals surface area contributed by atoms with Gasteiger partial charge >= 0.3 is 6.18 Å². The number of hydrogen-bond donors (Lipinski definition) is 1. The third kappa shape index (κ3) is 3.86. The van der Waals surface area contributed by atoms with E-state index in [1.165, 1.54) is 23.9 Å². The first-order valence-corrected chi connectivity index (χ1v) is 9.16. The summed E-state index contributed by atoms with van der Waals surface area (Å²) in [7, 11) is 1.51. The number of nitrogen functional groups attached to an aromatic ring is 1. The number of fused-ring (bicyclic) bond motifs is 1. The average Bonchev–Trinajstić information content (AvgIpc) is 2.90. The topological polar surface area (TPSA) is 60.9 Å². The summed E-state index contributed by atoms with van der Waals surface area (Å²) in [5.41, 5.74) is 6.60. The van der Waals surface area contributed by atoms with E-state index in [9.17, 15) is 22.4 Å². The summed E-state index contributed by atoms with van der Waals surface area (Å²) in [6.07, 6.45) is -5.62. The molecular formula is C18H13BrClF4N3O. The first-order chi connectivity index (χ1) is 13.0. The molecule has 0 saturated heterocycles. The van der Waals surface area contributed by atoms with Crippen LogP contribution in [0.4, 0.5) is 23.2 Å². The van der Waals surface area contributed by atoms with Gasteiger partial charge in [-0.05, 0) is 46.6 Å². The number of nitrogens with zero attached hydrogens (tertiary/aromatic N) is 2. The first-order valence-electron chi connectivity index (χ1n) is 7.99. The van der Waals surface area contributed by atoms with E-state index in [0.717, 1.165) is 12.1 Å². The fourth-order valence-electron chi connectivity index (χ4n) is 2.96. The molecule has 0 aliphatic rings. The molecule has 0 atom stereocenters. The van der Waals surface area contributed by atoms with Crippen LogP contribution in [0.25, 0.3) is 10.9 Å². The van der Waals surface area contributed by atoms with Crippen LogP contribution in [-0.4, -0.2) is 21.7 Å². The van der Waals surface area contributed by atoms with Crippen LogP contribution < -0.4 is 5.73 Å². The van der Waals surface area contributed by atoms with Crippen molar-refractivity contribution < 1.29 is 22.4 Å². The van der Waals surface area contributed by atoms with Crippen molar-refractivity contribution in [2.75, 3.05) is 5.73 Å². The van der Waals surface area contributed by atoms with Crippen LogP contribution in [0.5, 0.6) is 0 Å². The SMILES string of the molecule is Cn1nc2c(Br)c(C(=O)c3cc(F)ccc3Cl)c(N)cc2c1CCC(F)(F)F. The predicted octanol–water partition coefficient (Wildman–Crippen LogP) is 5.44. The van der Waals surface area contributed by atoms with Gasteiger partial charge in [0.1, 0.15) is 11.3 Å². The second-order valence-corrected chi connectivity index (χ2v) is 7.39. The molecule has 1 aromatic heterocycles. The molecule has 148 valence electrons. The molecule has 0 spiro atoms. The Bertz CT molecular complexity index is 1090. The summed E-state index contributed by atoms with van der Waals surface area (Å²) >= 11 is 9.28. The standard InChI is InChI=1S/C18H13BrClF4N3O/c1-27-13(4-5-18(22,23)24)10-7-12(25)14(15(19)16(10)26-27)17(28)9-6-8(21)2-3-11(9)20/h2-3,6-7H,4-5,25H2,1H3. The van der Waals surface area contributed by atoms with Crippen molar-refractivity contribution in [3.63, 3.8) is 0 Å². The number of benzene rings is 2. The molecule has 0 radical (unpaired) electrons. The third-order valence-electron chi connectivity index (χ3n) is 4.27. The second-order valence-electron chi connectivity index (χ2n) is 6.19. The van der Waals surface area contributed by atoms with Crippen LogP contribution in [0, 0.1) is 5.82 Å². The smallest absolute Gasteiger partial charge is 0.389 e. The largest absolute Gasteiger partial charge is 0.398 e. The van der Waals surface area contributed by atoms with E-state index in [-0.39, 0.29) is 38.2 Å². The van der Waals surface area contributed by atoms with E-state index in [2.05, 4.69) is 21.0 Å². The highest BCUT2D eigenvalue weighted by molar-refractivity contribution is 9.10. The summed E-state index contributed by atoms with van der Waals surface area (Å²) in [6.45, 7) is 0. The van der Waals surface area contributed by atoms with Gasteiger partial charge in [-0.1, -0.05) is 11.6 Å². The number of alkyl halides is 3. The monoisotopic (exact) mass is 477 g/mol. The maximum Gasteiger partial charge on any atom is 0.389 e. The van der Waals surface area contributed by atoms with Gasteiger partial charge in [-0.15, -0.1) is 0 Å². The fraction of sp³-hybridized carbons (Fsp3) is 0.222. The molecular weight excluding hydrogens is 466 g/mol. The summed E-state index contributed by atoms with van der Waals surface area (Å²) in [6, 6.07) is 4.77.